The summed E-state index contributed by atoms with van der Waals surface area (Å²) in [5, 5.41) is 3.40. The Balaban J connectivity index is 2.13. The maximum atomic E-state index is 13.4. The fourth-order valence-corrected chi connectivity index (χ4v) is 5.00. The Kier molecular flexibility index (Phi) is 8.20. The Morgan fingerprint density at radius 3 is 2.78 bits per heavy atom. The molecule has 7 heteroatoms. The summed E-state index contributed by atoms with van der Waals surface area (Å²) in [7, 11) is 0. The predicted molar refractivity (Wildman–Crippen MR) is 129 cm³/mol. The molecule has 0 saturated carbocycles. The lowest BCUT2D eigenvalue weighted by Crippen LogP contribution is -2.42. The van der Waals surface area contributed by atoms with Crippen molar-refractivity contribution in [2.24, 2.45) is 23.0 Å². The average molecular weight is 459 g/mol. The van der Waals surface area contributed by atoms with Crippen molar-refractivity contribution in [3.8, 4) is 0 Å². The standard InChI is InChI=1S/C25H34N2O4S/c1-5-31-24(29)23-19(15-30-12-11-26)27-18-13-25(2,3)14-20(28)22(18)21(23)16-7-6-8-17(32-4)10-9-16/h6-10,16,21,27H,5,11-15,26H2,1-4H3. The van der Waals surface area contributed by atoms with E-state index in [4.69, 9.17) is 15.2 Å². The van der Waals surface area contributed by atoms with E-state index in [0.29, 0.717) is 36.4 Å². The number of hydrogen-bond donors (Lipinski definition) is 2. The van der Waals surface area contributed by atoms with Gasteiger partial charge in [0.2, 0.25) is 0 Å². The van der Waals surface area contributed by atoms with Crippen LogP contribution in [0.2, 0.25) is 0 Å². The second-order valence-electron chi connectivity index (χ2n) is 8.98. The van der Waals surface area contributed by atoms with Crippen molar-refractivity contribution in [3.63, 3.8) is 0 Å². The number of esters is 1. The first-order valence-corrected chi connectivity index (χ1v) is 12.4. The minimum atomic E-state index is -0.424. The minimum Gasteiger partial charge on any atom is -0.463 e. The van der Waals surface area contributed by atoms with Crippen LogP contribution in [0.5, 0.6) is 0 Å². The number of carbonyl (C=O) groups excluding carboxylic acids is 2. The number of thioether (sulfide) groups is 1. The Morgan fingerprint density at radius 2 is 2.09 bits per heavy atom. The van der Waals surface area contributed by atoms with E-state index < -0.39 is 11.9 Å². The van der Waals surface area contributed by atoms with Gasteiger partial charge in [0.05, 0.1) is 31.1 Å². The molecular formula is C25H34N2O4S. The predicted octanol–water partition coefficient (Wildman–Crippen LogP) is 3.63. The number of ether oxygens (including phenoxy) is 2. The molecule has 3 rings (SSSR count). The number of Topliss-reactive ketones (excluding diaryl/α,β-unsaturated/α-hetero) is 1. The van der Waals surface area contributed by atoms with Crippen molar-refractivity contribution in [2.75, 3.05) is 32.6 Å². The zero-order valence-electron chi connectivity index (χ0n) is 19.4. The van der Waals surface area contributed by atoms with Crippen LogP contribution in [-0.4, -0.2) is 44.4 Å². The normalized spacial score (nSPS) is 24.7. The lowest BCUT2D eigenvalue weighted by Gasteiger charge is -2.41. The number of hydrogen-bond acceptors (Lipinski definition) is 7. The molecule has 0 aromatic rings. The van der Waals surface area contributed by atoms with Crippen LogP contribution in [0.15, 0.2) is 57.8 Å². The minimum absolute atomic E-state index is 0.0848. The lowest BCUT2D eigenvalue weighted by molar-refractivity contribution is -0.139. The summed E-state index contributed by atoms with van der Waals surface area (Å²) in [6.45, 7) is 7.22. The van der Waals surface area contributed by atoms with E-state index in [9.17, 15) is 9.59 Å². The number of nitrogens with one attached hydrogen (secondary N) is 1. The number of nitrogens with two attached hydrogens (primary N) is 1. The summed E-state index contributed by atoms with van der Waals surface area (Å²) < 4.78 is 11.2. The van der Waals surface area contributed by atoms with E-state index in [0.717, 1.165) is 17.0 Å². The first kappa shape index (κ1) is 24.6. The third-order valence-electron chi connectivity index (χ3n) is 5.87. The highest BCUT2D eigenvalue weighted by Gasteiger charge is 2.45. The number of dihydropyridines is 1. The first-order chi connectivity index (χ1) is 15.3. The Bertz CT molecular complexity index is 911. The molecule has 1 heterocycles. The number of carbonyl (C=O) groups is 2. The largest absolute Gasteiger partial charge is 0.463 e. The Hall–Kier alpha value is -2.09. The number of allylic oxidation sites excluding steroid dienone is 7. The Morgan fingerprint density at radius 1 is 1.31 bits per heavy atom. The highest BCUT2D eigenvalue weighted by Crippen LogP contribution is 2.46. The highest BCUT2D eigenvalue weighted by molar-refractivity contribution is 8.02. The van der Waals surface area contributed by atoms with Crippen LogP contribution in [0.4, 0.5) is 0 Å². The number of ketones is 1. The molecule has 3 N–H and O–H groups in total. The molecule has 0 fully saturated rings. The Labute approximate surface area is 195 Å². The van der Waals surface area contributed by atoms with Gasteiger partial charge in [-0.1, -0.05) is 38.2 Å². The third-order valence-corrected chi connectivity index (χ3v) is 6.61. The molecule has 32 heavy (non-hydrogen) atoms. The summed E-state index contributed by atoms with van der Waals surface area (Å²) in [6, 6.07) is 0. The third kappa shape index (κ3) is 5.45. The molecule has 0 spiro atoms. The topological polar surface area (TPSA) is 90.7 Å². The molecule has 0 saturated heterocycles. The molecule has 0 aromatic heterocycles. The molecule has 0 amide bonds. The molecule has 6 nitrogen and oxygen atoms in total. The molecule has 1 aliphatic heterocycles. The van der Waals surface area contributed by atoms with Crippen LogP contribution in [-0.2, 0) is 19.1 Å². The van der Waals surface area contributed by atoms with Crippen LogP contribution in [0.1, 0.15) is 33.6 Å². The van der Waals surface area contributed by atoms with E-state index in [1.807, 2.05) is 18.4 Å². The second kappa shape index (κ2) is 10.7. The first-order valence-electron chi connectivity index (χ1n) is 11.1. The molecular weight excluding hydrogens is 424 g/mol. The molecule has 0 aromatic carbocycles. The van der Waals surface area contributed by atoms with Gasteiger partial charge in [0.1, 0.15) is 0 Å². The van der Waals surface area contributed by atoms with Crippen molar-refractivity contribution in [2.45, 2.75) is 33.6 Å². The van der Waals surface area contributed by atoms with Crippen LogP contribution < -0.4 is 11.1 Å². The number of rotatable bonds is 8. The van der Waals surface area contributed by atoms with Gasteiger partial charge in [-0.25, -0.2) is 4.79 Å². The van der Waals surface area contributed by atoms with Crippen molar-refractivity contribution in [1.29, 1.82) is 0 Å². The van der Waals surface area contributed by atoms with E-state index >= 15 is 0 Å². The van der Waals surface area contributed by atoms with Gasteiger partial charge in [-0.3, -0.25) is 4.79 Å². The van der Waals surface area contributed by atoms with Gasteiger partial charge >= 0.3 is 5.97 Å². The highest BCUT2D eigenvalue weighted by atomic mass is 32.2. The average Bonchev–Trinajstić information content (AvgIpc) is 2.97. The van der Waals surface area contributed by atoms with E-state index in [1.165, 1.54) is 0 Å². The van der Waals surface area contributed by atoms with Crippen LogP contribution in [0, 0.1) is 17.3 Å². The maximum Gasteiger partial charge on any atom is 0.336 e. The molecule has 174 valence electrons. The van der Waals surface area contributed by atoms with Gasteiger partial charge in [-0.05, 0) is 31.1 Å². The SMILES string of the molecule is CCOC(=O)C1=C(COCCN)NC2=C(C(=O)CC(C)(C)C2)C1C1C=CC=C(SC)C=C1. The molecule has 0 radical (unpaired) electrons. The quantitative estimate of drug-likeness (QED) is 0.424. The van der Waals surface area contributed by atoms with Crippen LogP contribution in [0.3, 0.4) is 0 Å². The van der Waals surface area contributed by atoms with E-state index in [1.54, 1.807) is 18.7 Å². The summed E-state index contributed by atoms with van der Waals surface area (Å²) >= 11 is 1.66. The molecule has 2 aliphatic carbocycles. The van der Waals surface area contributed by atoms with Gasteiger partial charge in [-0.2, -0.15) is 0 Å². The van der Waals surface area contributed by atoms with Crippen molar-refractivity contribution in [1.82, 2.24) is 5.32 Å². The molecule has 3 aliphatic rings. The van der Waals surface area contributed by atoms with Crippen molar-refractivity contribution in [3.05, 3.63) is 57.8 Å². The van der Waals surface area contributed by atoms with E-state index in [-0.39, 0.29) is 30.3 Å². The van der Waals surface area contributed by atoms with Crippen LogP contribution >= 0.6 is 11.8 Å². The van der Waals surface area contributed by atoms with Crippen molar-refractivity contribution >= 4 is 23.5 Å². The molecule has 0 bridgehead atoms. The summed E-state index contributed by atoms with van der Waals surface area (Å²) in [4.78, 5) is 27.7. The van der Waals surface area contributed by atoms with Crippen molar-refractivity contribution < 1.29 is 19.1 Å². The molecule has 2 atom stereocenters. The van der Waals surface area contributed by atoms with E-state index in [2.05, 4.69) is 37.4 Å². The summed E-state index contributed by atoms with van der Waals surface area (Å²) in [5.41, 5.74) is 8.17. The lowest BCUT2D eigenvalue weighted by atomic mass is 9.67. The summed E-state index contributed by atoms with van der Waals surface area (Å²) in [6.07, 6.45) is 13.5. The fourth-order valence-electron chi connectivity index (χ4n) is 4.57. The van der Waals surface area contributed by atoms with Gasteiger partial charge in [-0.15, -0.1) is 11.8 Å². The molecule has 2 unspecified atom stereocenters. The smallest absolute Gasteiger partial charge is 0.336 e. The van der Waals surface area contributed by atoms with Gasteiger partial charge < -0.3 is 20.5 Å². The van der Waals surface area contributed by atoms with Gasteiger partial charge in [0.25, 0.3) is 0 Å². The maximum absolute atomic E-state index is 13.4. The fraction of sp³-hybridized carbons (Fsp3) is 0.520. The zero-order valence-corrected chi connectivity index (χ0v) is 20.2. The van der Waals surface area contributed by atoms with Crippen LogP contribution in [0.25, 0.3) is 0 Å². The van der Waals surface area contributed by atoms with Gasteiger partial charge in [0, 0.05) is 41.0 Å². The second-order valence-corrected chi connectivity index (χ2v) is 9.86. The monoisotopic (exact) mass is 458 g/mol. The zero-order chi connectivity index (χ0) is 23.3. The summed E-state index contributed by atoms with van der Waals surface area (Å²) in [5.74, 6) is -0.907. The van der Waals surface area contributed by atoms with Gasteiger partial charge in [0.15, 0.2) is 5.78 Å².